The van der Waals surface area contributed by atoms with Gasteiger partial charge in [0.25, 0.3) is 0 Å². The van der Waals surface area contributed by atoms with Crippen molar-refractivity contribution in [2.45, 2.75) is 24.4 Å². The summed E-state index contributed by atoms with van der Waals surface area (Å²) in [6, 6.07) is 2.74. The first-order valence-corrected chi connectivity index (χ1v) is 5.71. The van der Waals surface area contributed by atoms with Crippen molar-refractivity contribution in [2.24, 2.45) is 0 Å². The lowest BCUT2D eigenvalue weighted by Crippen LogP contribution is -2.49. The molecule has 5 N–H and O–H groups in total. The zero-order chi connectivity index (χ0) is 15.3. The average molecular weight is 285 g/mol. The number of aliphatic hydroxyl groups excluding tert-OH is 5. The minimum Gasteiger partial charge on any atom is -0.394 e. The van der Waals surface area contributed by atoms with Crippen molar-refractivity contribution in [1.29, 1.82) is 0 Å². The zero-order valence-electron chi connectivity index (χ0n) is 10.3. The second kappa shape index (κ2) is 7.17. The molecule has 0 aliphatic carbocycles. The van der Waals surface area contributed by atoms with Gasteiger partial charge in [-0.15, -0.1) is 0 Å². The Balaban J connectivity index is 2.79. The summed E-state index contributed by atoms with van der Waals surface area (Å²) >= 11 is 0. The van der Waals surface area contributed by atoms with E-state index in [1.807, 2.05) is 0 Å². The molecular formula is C12H15NO7. The summed E-state index contributed by atoms with van der Waals surface area (Å²) in [4.78, 5) is 27.0. The maximum atomic E-state index is 11.7. The van der Waals surface area contributed by atoms with Crippen LogP contribution in [0.4, 0.5) is 0 Å². The van der Waals surface area contributed by atoms with Crippen LogP contribution in [0.2, 0.25) is 0 Å². The summed E-state index contributed by atoms with van der Waals surface area (Å²) in [5.41, 5.74) is -0.0438. The van der Waals surface area contributed by atoms with E-state index in [0.717, 1.165) is 6.20 Å². The van der Waals surface area contributed by atoms with Gasteiger partial charge in [0.15, 0.2) is 11.9 Å². The molecule has 0 aromatic carbocycles. The van der Waals surface area contributed by atoms with Gasteiger partial charge in [0, 0.05) is 18.0 Å². The van der Waals surface area contributed by atoms with Crippen molar-refractivity contribution in [2.75, 3.05) is 6.61 Å². The Bertz CT molecular complexity index is 464. The van der Waals surface area contributed by atoms with Crippen molar-refractivity contribution in [3.8, 4) is 0 Å². The number of nitrogens with zero attached hydrogens (tertiary/aromatic N) is 1. The van der Waals surface area contributed by atoms with Crippen molar-refractivity contribution in [3.05, 3.63) is 30.1 Å². The van der Waals surface area contributed by atoms with E-state index in [4.69, 9.17) is 10.2 Å². The van der Waals surface area contributed by atoms with Gasteiger partial charge in [-0.25, -0.2) is 0 Å². The number of carbonyl (C=O) groups is 2. The number of hydrogen-bond acceptors (Lipinski definition) is 8. The normalized spacial score (nSPS) is 17.1. The Labute approximate surface area is 113 Å². The molecule has 0 fully saturated rings. The molecule has 0 saturated carbocycles. The third-order valence-electron chi connectivity index (χ3n) is 2.66. The van der Waals surface area contributed by atoms with E-state index >= 15 is 0 Å². The molecule has 0 aliphatic rings. The number of carbonyl (C=O) groups excluding carboxylic acids is 2. The molecule has 1 aromatic heterocycles. The minimum atomic E-state index is -2.20. The highest BCUT2D eigenvalue weighted by Crippen LogP contribution is 2.08. The lowest BCUT2D eigenvalue weighted by atomic mass is 9.97. The molecule has 4 atom stereocenters. The van der Waals surface area contributed by atoms with E-state index < -0.39 is 42.6 Å². The summed E-state index contributed by atoms with van der Waals surface area (Å²) in [6.45, 7) is -0.891. The highest BCUT2D eigenvalue weighted by atomic mass is 16.4. The van der Waals surface area contributed by atoms with Crippen LogP contribution in [0.25, 0.3) is 0 Å². The third kappa shape index (κ3) is 3.65. The van der Waals surface area contributed by atoms with Gasteiger partial charge in [-0.2, -0.15) is 0 Å². The van der Waals surface area contributed by atoms with Crippen LogP contribution in [0.5, 0.6) is 0 Å². The number of pyridine rings is 1. The molecule has 0 saturated heterocycles. The van der Waals surface area contributed by atoms with Gasteiger partial charge in [-0.05, 0) is 12.1 Å². The van der Waals surface area contributed by atoms with Crippen molar-refractivity contribution in [1.82, 2.24) is 4.98 Å². The average Bonchev–Trinajstić information content (AvgIpc) is 2.51. The summed E-state index contributed by atoms with van der Waals surface area (Å²) in [7, 11) is 0. The standard InChI is InChI=1S/C12H15NO7/c14-5-7(15)9(17)11(19)12(20)10(18)8(16)6-2-1-3-13-4-6/h1-4,7,9-11,14-15,17-19H,5H2/t7-,9-,10?,11+/m1/s1. The molecule has 0 spiro atoms. The van der Waals surface area contributed by atoms with Crippen LogP contribution in [0.1, 0.15) is 10.4 Å². The lowest BCUT2D eigenvalue weighted by molar-refractivity contribution is -0.146. The maximum Gasteiger partial charge on any atom is 0.200 e. The highest BCUT2D eigenvalue weighted by molar-refractivity contribution is 6.14. The van der Waals surface area contributed by atoms with Crippen LogP contribution in [-0.2, 0) is 4.79 Å². The molecule has 0 aliphatic heterocycles. The predicted molar refractivity (Wildman–Crippen MR) is 64.7 cm³/mol. The molecule has 0 bridgehead atoms. The zero-order valence-corrected chi connectivity index (χ0v) is 10.3. The molecule has 1 aromatic rings. The van der Waals surface area contributed by atoms with Crippen LogP contribution < -0.4 is 0 Å². The van der Waals surface area contributed by atoms with Crippen molar-refractivity contribution < 1.29 is 35.1 Å². The first kappa shape index (κ1) is 16.3. The molecule has 20 heavy (non-hydrogen) atoms. The number of Topliss-reactive ketones (excluding diaryl/α,β-unsaturated/α-hetero) is 2. The van der Waals surface area contributed by atoms with Crippen molar-refractivity contribution >= 4 is 11.6 Å². The number of aliphatic hydroxyl groups is 5. The number of aromatic nitrogens is 1. The van der Waals surface area contributed by atoms with Gasteiger partial charge in [0.2, 0.25) is 5.78 Å². The first-order valence-electron chi connectivity index (χ1n) is 5.71. The molecule has 0 radical (unpaired) electrons. The van der Waals surface area contributed by atoms with Crippen LogP contribution in [0, 0.1) is 0 Å². The molecule has 1 unspecified atom stereocenters. The van der Waals surface area contributed by atoms with Crippen LogP contribution in [0.15, 0.2) is 24.5 Å². The fourth-order valence-electron chi connectivity index (χ4n) is 1.44. The largest absolute Gasteiger partial charge is 0.394 e. The van der Waals surface area contributed by atoms with Gasteiger partial charge < -0.3 is 25.5 Å². The van der Waals surface area contributed by atoms with E-state index in [1.54, 1.807) is 0 Å². The Kier molecular flexibility index (Phi) is 5.86. The number of hydrogen-bond donors (Lipinski definition) is 5. The van der Waals surface area contributed by atoms with Crippen molar-refractivity contribution in [3.63, 3.8) is 0 Å². The molecule has 1 rings (SSSR count). The predicted octanol–water partition coefficient (Wildman–Crippen LogP) is -2.73. The van der Waals surface area contributed by atoms with E-state index in [9.17, 15) is 24.9 Å². The van der Waals surface area contributed by atoms with E-state index in [1.165, 1.54) is 18.3 Å². The summed E-state index contributed by atoms with van der Waals surface area (Å²) < 4.78 is 0. The SMILES string of the molecule is O=C(c1cccnc1)C(O)C(=O)[C@@H](O)[C@H](O)[C@H](O)CO. The molecular weight excluding hydrogens is 270 g/mol. The summed E-state index contributed by atoms with van der Waals surface area (Å²) in [5, 5.41) is 46.1. The van der Waals surface area contributed by atoms with Gasteiger partial charge in [-0.3, -0.25) is 14.6 Å². The molecule has 8 nitrogen and oxygen atoms in total. The van der Waals surface area contributed by atoms with Crippen LogP contribution in [-0.4, -0.2) is 73.1 Å². The second-order valence-corrected chi connectivity index (χ2v) is 4.10. The fourth-order valence-corrected chi connectivity index (χ4v) is 1.44. The van der Waals surface area contributed by atoms with Gasteiger partial charge in [-0.1, -0.05) is 0 Å². The van der Waals surface area contributed by atoms with Gasteiger partial charge in [0.1, 0.15) is 18.3 Å². The Morgan fingerprint density at radius 1 is 1.20 bits per heavy atom. The number of rotatable bonds is 7. The van der Waals surface area contributed by atoms with E-state index in [0.29, 0.717) is 0 Å². The smallest absolute Gasteiger partial charge is 0.200 e. The summed E-state index contributed by atoms with van der Waals surface area (Å²) in [5.74, 6) is -2.37. The third-order valence-corrected chi connectivity index (χ3v) is 2.66. The Morgan fingerprint density at radius 3 is 2.35 bits per heavy atom. The summed E-state index contributed by atoms with van der Waals surface area (Å²) in [6.07, 6.45) is -5.66. The maximum absolute atomic E-state index is 11.7. The molecule has 1 heterocycles. The van der Waals surface area contributed by atoms with E-state index in [2.05, 4.69) is 4.98 Å². The monoisotopic (exact) mass is 285 g/mol. The second-order valence-electron chi connectivity index (χ2n) is 4.10. The van der Waals surface area contributed by atoms with Crippen LogP contribution >= 0.6 is 0 Å². The Morgan fingerprint density at radius 2 is 1.85 bits per heavy atom. The topological polar surface area (TPSA) is 148 Å². The van der Waals surface area contributed by atoms with Crippen LogP contribution in [0.3, 0.4) is 0 Å². The minimum absolute atomic E-state index is 0.0438. The van der Waals surface area contributed by atoms with Gasteiger partial charge >= 0.3 is 0 Å². The number of ketones is 2. The molecule has 8 heteroatoms. The van der Waals surface area contributed by atoms with E-state index in [-0.39, 0.29) is 5.56 Å². The fraction of sp³-hybridized carbons (Fsp3) is 0.417. The highest BCUT2D eigenvalue weighted by Gasteiger charge is 2.36. The molecule has 0 amide bonds. The lowest BCUT2D eigenvalue weighted by Gasteiger charge is -2.22. The molecule has 110 valence electrons. The first-order chi connectivity index (χ1) is 9.40. The Hall–Kier alpha value is -1.71. The quantitative estimate of drug-likeness (QED) is 0.268. The van der Waals surface area contributed by atoms with Gasteiger partial charge in [0.05, 0.1) is 6.61 Å².